The summed E-state index contributed by atoms with van der Waals surface area (Å²) in [6, 6.07) is 0.424. The number of carbonyl (C=O) groups excluding carboxylic acids is 1. The van der Waals surface area contributed by atoms with Crippen molar-refractivity contribution in [3.05, 3.63) is 0 Å². The summed E-state index contributed by atoms with van der Waals surface area (Å²) in [7, 11) is 0. The lowest BCUT2D eigenvalue weighted by molar-refractivity contribution is -0.127. The zero-order chi connectivity index (χ0) is 11.4. The highest BCUT2D eigenvalue weighted by Crippen LogP contribution is 2.26. The third kappa shape index (κ3) is 2.95. The van der Waals surface area contributed by atoms with Gasteiger partial charge in [0.25, 0.3) is 0 Å². The highest BCUT2D eigenvalue weighted by atomic mass is 16.5. The van der Waals surface area contributed by atoms with Gasteiger partial charge in [-0.05, 0) is 19.8 Å². The molecule has 0 aromatic carbocycles. The number of ether oxygens (including phenoxy) is 1. The predicted octanol–water partition coefficient (Wildman–Crippen LogP) is 0.623. The number of nitrogens with one attached hydrogen (secondary N) is 1. The zero-order valence-corrected chi connectivity index (χ0v) is 10.1. The van der Waals surface area contributed by atoms with Crippen LogP contribution in [0.25, 0.3) is 0 Å². The maximum absolute atomic E-state index is 11.7. The standard InChI is InChI=1S/C12H22N2O2/c1-10(14-5-7-16-8-6-14)9-13-12(15)11-3-2-4-11/h10-11H,2-9H2,1H3,(H,13,15). The van der Waals surface area contributed by atoms with E-state index in [0.29, 0.717) is 12.0 Å². The summed E-state index contributed by atoms with van der Waals surface area (Å²) in [6.45, 7) is 6.56. The molecular weight excluding hydrogens is 204 g/mol. The van der Waals surface area contributed by atoms with Gasteiger partial charge in [-0.1, -0.05) is 6.42 Å². The summed E-state index contributed by atoms with van der Waals surface area (Å²) in [6.07, 6.45) is 3.38. The normalized spacial score (nSPS) is 24.8. The minimum Gasteiger partial charge on any atom is -0.379 e. The largest absolute Gasteiger partial charge is 0.379 e. The highest BCUT2D eigenvalue weighted by molar-refractivity contribution is 5.79. The van der Waals surface area contributed by atoms with Crippen LogP contribution in [0, 0.1) is 5.92 Å². The minimum absolute atomic E-state index is 0.256. The molecule has 1 saturated heterocycles. The lowest BCUT2D eigenvalue weighted by Gasteiger charge is -2.33. The molecule has 1 aliphatic heterocycles. The Labute approximate surface area is 97.3 Å². The van der Waals surface area contributed by atoms with Crippen LogP contribution in [0.15, 0.2) is 0 Å². The lowest BCUT2D eigenvalue weighted by atomic mass is 9.85. The molecule has 0 bridgehead atoms. The van der Waals surface area contributed by atoms with Gasteiger partial charge in [-0.25, -0.2) is 0 Å². The van der Waals surface area contributed by atoms with E-state index in [2.05, 4.69) is 17.1 Å². The lowest BCUT2D eigenvalue weighted by Crippen LogP contribution is -2.48. The van der Waals surface area contributed by atoms with Crippen molar-refractivity contribution < 1.29 is 9.53 Å². The van der Waals surface area contributed by atoms with E-state index in [9.17, 15) is 4.79 Å². The summed E-state index contributed by atoms with van der Waals surface area (Å²) in [5.41, 5.74) is 0. The van der Waals surface area contributed by atoms with Crippen LogP contribution in [-0.4, -0.2) is 49.7 Å². The average Bonchev–Trinajstić information content (AvgIpc) is 2.25. The number of hydrogen-bond acceptors (Lipinski definition) is 3. The van der Waals surface area contributed by atoms with Crippen LogP contribution in [0.4, 0.5) is 0 Å². The smallest absolute Gasteiger partial charge is 0.223 e. The second-order valence-electron chi connectivity index (χ2n) is 4.87. The van der Waals surface area contributed by atoms with E-state index in [0.717, 1.165) is 45.7 Å². The van der Waals surface area contributed by atoms with Gasteiger partial charge in [0.15, 0.2) is 0 Å². The number of rotatable bonds is 4. The summed E-state index contributed by atoms with van der Waals surface area (Å²) in [5.74, 6) is 0.559. The van der Waals surface area contributed by atoms with E-state index in [4.69, 9.17) is 4.74 Å². The fourth-order valence-electron chi connectivity index (χ4n) is 2.21. The van der Waals surface area contributed by atoms with E-state index >= 15 is 0 Å². The monoisotopic (exact) mass is 226 g/mol. The van der Waals surface area contributed by atoms with E-state index < -0.39 is 0 Å². The SMILES string of the molecule is CC(CNC(=O)C1CCC1)N1CCOCC1. The molecule has 1 saturated carbocycles. The van der Waals surface area contributed by atoms with Gasteiger partial charge in [-0.15, -0.1) is 0 Å². The van der Waals surface area contributed by atoms with Crippen LogP contribution >= 0.6 is 0 Å². The Kier molecular flexibility index (Phi) is 4.18. The van der Waals surface area contributed by atoms with Gasteiger partial charge in [-0.2, -0.15) is 0 Å². The Hall–Kier alpha value is -0.610. The summed E-state index contributed by atoms with van der Waals surface area (Å²) >= 11 is 0. The van der Waals surface area contributed by atoms with E-state index in [1.54, 1.807) is 0 Å². The van der Waals surface area contributed by atoms with Crippen LogP contribution in [0.2, 0.25) is 0 Å². The molecule has 0 spiro atoms. The molecule has 1 atom stereocenters. The number of morpholine rings is 1. The Morgan fingerprint density at radius 1 is 1.44 bits per heavy atom. The first-order valence-electron chi connectivity index (χ1n) is 6.37. The maximum atomic E-state index is 11.7. The zero-order valence-electron chi connectivity index (χ0n) is 10.1. The second-order valence-corrected chi connectivity index (χ2v) is 4.87. The van der Waals surface area contributed by atoms with Crippen LogP contribution in [0.3, 0.4) is 0 Å². The van der Waals surface area contributed by atoms with Gasteiger partial charge >= 0.3 is 0 Å². The molecule has 0 aromatic heterocycles. The summed E-state index contributed by atoms with van der Waals surface area (Å²) in [5, 5.41) is 3.06. The number of carbonyl (C=O) groups is 1. The Morgan fingerprint density at radius 2 is 2.12 bits per heavy atom. The van der Waals surface area contributed by atoms with Gasteiger partial charge in [0, 0.05) is 31.6 Å². The quantitative estimate of drug-likeness (QED) is 0.764. The van der Waals surface area contributed by atoms with Gasteiger partial charge in [0.2, 0.25) is 5.91 Å². The first-order chi connectivity index (χ1) is 7.77. The van der Waals surface area contributed by atoms with Crippen molar-refractivity contribution in [1.82, 2.24) is 10.2 Å². The highest BCUT2D eigenvalue weighted by Gasteiger charge is 2.25. The third-order valence-corrected chi connectivity index (χ3v) is 3.72. The van der Waals surface area contributed by atoms with E-state index in [1.807, 2.05) is 0 Å². The molecule has 0 radical (unpaired) electrons. The molecule has 4 nitrogen and oxygen atoms in total. The summed E-state index contributed by atoms with van der Waals surface area (Å²) < 4.78 is 5.31. The van der Waals surface area contributed by atoms with Crippen LogP contribution < -0.4 is 5.32 Å². The molecule has 2 fully saturated rings. The fourth-order valence-corrected chi connectivity index (χ4v) is 2.21. The van der Waals surface area contributed by atoms with Crippen molar-refractivity contribution in [2.45, 2.75) is 32.2 Å². The molecule has 1 N–H and O–H groups in total. The Bertz CT molecular complexity index is 235. The van der Waals surface area contributed by atoms with Crippen LogP contribution in [0.1, 0.15) is 26.2 Å². The molecule has 92 valence electrons. The molecule has 1 heterocycles. The van der Waals surface area contributed by atoms with Crippen LogP contribution in [0.5, 0.6) is 0 Å². The average molecular weight is 226 g/mol. The molecular formula is C12H22N2O2. The first kappa shape index (κ1) is 11.9. The van der Waals surface area contributed by atoms with Crippen LogP contribution in [-0.2, 0) is 9.53 Å². The number of hydrogen-bond donors (Lipinski definition) is 1. The molecule has 1 amide bonds. The minimum atomic E-state index is 0.256. The van der Waals surface area contributed by atoms with Crippen molar-refractivity contribution in [3.8, 4) is 0 Å². The van der Waals surface area contributed by atoms with Gasteiger partial charge in [0.05, 0.1) is 13.2 Å². The van der Waals surface area contributed by atoms with Crippen molar-refractivity contribution in [2.75, 3.05) is 32.8 Å². The molecule has 4 heteroatoms. The van der Waals surface area contributed by atoms with Gasteiger partial charge < -0.3 is 10.1 Å². The molecule has 0 aromatic rings. The van der Waals surface area contributed by atoms with Gasteiger partial charge in [0.1, 0.15) is 0 Å². The Morgan fingerprint density at radius 3 is 2.69 bits per heavy atom. The second kappa shape index (κ2) is 5.64. The fraction of sp³-hybridized carbons (Fsp3) is 0.917. The molecule has 2 aliphatic rings. The third-order valence-electron chi connectivity index (χ3n) is 3.72. The van der Waals surface area contributed by atoms with E-state index in [-0.39, 0.29) is 5.91 Å². The van der Waals surface area contributed by atoms with Crippen molar-refractivity contribution in [3.63, 3.8) is 0 Å². The molecule has 16 heavy (non-hydrogen) atoms. The molecule has 1 aliphatic carbocycles. The first-order valence-corrected chi connectivity index (χ1v) is 6.37. The molecule has 2 rings (SSSR count). The topological polar surface area (TPSA) is 41.6 Å². The van der Waals surface area contributed by atoms with Crippen molar-refractivity contribution in [1.29, 1.82) is 0 Å². The Balaban J connectivity index is 1.65. The van der Waals surface area contributed by atoms with Crippen molar-refractivity contribution in [2.24, 2.45) is 5.92 Å². The van der Waals surface area contributed by atoms with Gasteiger partial charge in [-0.3, -0.25) is 9.69 Å². The number of nitrogens with zero attached hydrogens (tertiary/aromatic N) is 1. The maximum Gasteiger partial charge on any atom is 0.223 e. The predicted molar refractivity (Wildman–Crippen MR) is 62.2 cm³/mol. The van der Waals surface area contributed by atoms with E-state index in [1.165, 1.54) is 6.42 Å². The molecule has 1 unspecified atom stereocenters. The van der Waals surface area contributed by atoms with Crippen molar-refractivity contribution >= 4 is 5.91 Å². The summed E-state index contributed by atoms with van der Waals surface area (Å²) in [4.78, 5) is 14.0. The number of amides is 1.